The van der Waals surface area contributed by atoms with Gasteiger partial charge in [0.2, 0.25) is 11.7 Å². The van der Waals surface area contributed by atoms with E-state index < -0.39 is 17.6 Å². The van der Waals surface area contributed by atoms with Crippen molar-refractivity contribution in [1.29, 1.82) is 0 Å². The molecule has 0 saturated heterocycles. The van der Waals surface area contributed by atoms with Gasteiger partial charge in [0.1, 0.15) is 5.69 Å². The lowest BCUT2D eigenvalue weighted by Gasteiger charge is -2.07. The normalized spacial score (nSPS) is 11.8. The lowest BCUT2D eigenvalue weighted by molar-refractivity contribution is -0.137. The molecule has 4 nitrogen and oxygen atoms in total. The highest BCUT2D eigenvalue weighted by Gasteiger charge is 2.30. The fourth-order valence-corrected chi connectivity index (χ4v) is 3.53. The van der Waals surface area contributed by atoms with Gasteiger partial charge in [0.25, 0.3) is 0 Å². The van der Waals surface area contributed by atoms with Gasteiger partial charge in [-0.05, 0) is 42.0 Å². The number of hydrogen-bond acceptors (Lipinski definition) is 2. The van der Waals surface area contributed by atoms with Gasteiger partial charge < -0.3 is 10.3 Å². The van der Waals surface area contributed by atoms with E-state index in [1.54, 1.807) is 48.5 Å². The summed E-state index contributed by atoms with van der Waals surface area (Å²) in [4.78, 5) is 28.7. The molecule has 166 valence electrons. The van der Waals surface area contributed by atoms with E-state index in [-0.39, 0.29) is 22.7 Å². The summed E-state index contributed by atoms with van der Waals surface area (Å²) in [6, 6.07) is 18.1. The largest absolute Gasteiger partial charge is 0.416 e. The fourth-order valence-electron chi connectivity index (χ4n) is 3.36. The average molecular weight is 469 g/mol. The first-order valence-corrected chi connectivity index (χ1v) is 10.2. The number of H-pyrrole nitrogens is 1. The molecule has 2 N–H and O–H groups in total. The molecule has 8 heteroatoms. The number of carbonyl (C=O) groups is 2. The smallest absolute Gasteiger partial charge is 0.350 e. The van der Waals surface area contributed by atoms with Crippen molar-refractivity contribution in [2.24, 2.45) is 0 Å². The second-order valence-electron chi connectivity index (χ2n) is 7.21. The van der Waals surface area contributed by atoms with Gasteiger partial charge in [-0.2, -0.15) is 13.2 Å². The number of fused-ring (bicyclic) bond motifs is 1. The molecule has 4 aromatic rings. The summed E-state index contributed by atoms with van der Waals surface area (Å²) >= 11 is 6.06. The van der Waals surface area contributed by atoms with Crippen molar-refractivity contribution in [3.8, 4) is 0 Å². The maximum Gasteiger partial charge on any atom is 0.416 e. The number of alkyl halides is 3. The molecular weight excluding hydrogens is 453 g/mol. The summed E-state index contributed by atoms with van der Waals surface area (Å²) in [5, 5.41) is 3.69. The highest BCUT2D eigenvalue weighted by molar-refractivity contribution is 6.31. The van der Waals surface area contributed by atoms with Gasteiger partial charge in [0, 0.05) is 27.6 Å². The fraction of sp³-hybridized carbons (Fsp3) is 0.0400. The van der Waals surface area contributed by atoms with Crippen LogP contribution >= 0.6 is 11.6 Å². The van der Waals surface area contributed by atoms with E-state index in [1.807, 2.05) is 0 Å². The monoisotopic (exact) mass is 468 g/mol. The predicted molar refractivity (Wildman–Crippen MR) is 122 cm³/mol. The molecule has 1 aromatic heterocycles. The quantitative estimate of drug-likeness (QED) is 0.252. The molecule has 0 atom stereocenters. The minimum Gasteiger partial charge on any atom is -0.350 e. The minimum absolute atomic E-state index is 0.166. The molecule has 0 saturated carbocycles. The number of rotatable bonds is 5. The predicted octanol–water partition coefficient (Wildman–Crippen LogP) is 6.72. The van der Waals surface area contributed by atoms with Crippen LogP contribution in [0.25, 0.3) is 17.0 Å². The molecular formula is C25H16ClF3N2O2. The van der Waals surface area contributed by atoms with Crippen LogP contribution in [0.2, 0.25) is 5.02 Å². The van der Waals surface area contributed by atoms with Crippen LogP contribution in [0.3, 0.4) is 0 Å². The van der Waals surface area contributed by atoms with Crippen LogP contribution < -0.4 is 5.32 Å². The number of amides is 1. The van der Waals surface area contributed by atoms with Crippen molar-refractivity contribution in [2.75, 3.05) is 5.32 Å². The standard InChI is InChI=1S/C25H16ClF3N2O2/c26-18-10-11-19-20(14-18)30-23(24(33)16-6-2-1-3-7-16)22(19)31-21(32)12-9-15-5-4-8-17(13-15)25(27,28)29/h1-14,30H,(H,31,32). The Morgan fingerprint density at radius 3 is 2.42 bits per heavy atom. The van der Waals surface area contributed by atoms with Crippen LogP contribution in [-0.2, 0) is 11.0 Å². The van der Waals surface area contributed by atoms with Crippen LogP contribution in [0.1, 0.15) is 27.2 Å². The molecule has 0 fully saturated rings. The maximum absolute atomic E-state index is 13.1. The van der Waals surface area contributed by atoms with E-state index in [4.69, 9.17) is 11.6 Å². The molecule has 4 rings (SSSR count). The Morgan fingerprint density at radius 1 is 0.939 bits per heavy atom. The van der Waals surface area contributed by atoms with E-state index in [9.17, 15) is 22.8 Å². The Labute approximate surface area is 191 Å². The molecule has 0 radical (unpaired) electrons. The van der Waals surface area contributed by atoms with Crippen molar-refractivity contribution in [3.05, 3.63) is 106 Å². The Hall–Kier alpha value is -3.84. The van der Waals surface area contributed by atoms with E-state index in [0.29, 0.717) is 21.5 Å². The highest BCUT2D eigenvalue weighted by atomic mass is 35.5. The summed E-state index contributed by atoms with van der Waals surface area (Å²) < 4.78 is 38.7. The molecule has 1 heterocycles. The van der Waals surface area contributed by atoms with Crippen LogP contribution in [0.5, 0.6) is 0 Å². The van der Waals surface area contributed by atoms with E-state index in [0.717, 1.165) is 18.2 Å². The summed E-state index contributed by atoms with van der Waals surface area (Å²) in [6.07, 6.45) is -2.10. The molecule has 0 aliphatic carbocycles. The number of aromatic amines is 1. The van der Waals surface area contributed by atoms with Crippen LogP contribution in [0.4, 0.5) is 18.9 Å². The summed E-state index contributed by atoms with van der Waals surface area (Å²) in [5.74, 6) is -0.939. The van der Waals surface area contributed by atoms with Gasteiger partial charge in [-0.1, -0.05) is 54.1 Å². The average Bonchev–Trinajstić information content (AvgIpc) is 3.14. The zero-order valence-electron chi connectivity index (χ0n) is 16.9. The summed E-state index contributed by atoms with van der Waals surface area (Å²) in [6.45, 7) is 0. The second kappa shape index (κ2) is 8.96. The number of nitrogens with one attached hydrogen (secondary N) is 2. The summed E-state index contributed by atoms with van der Waals surface area (Å²) in [7, 11) is 0. The third kappa shape index (κ3) is 4.99. The zero-order chi connectivity index (χ0) is 23.6. The van der Waals surface area contributed by atoms with Gasteiger partial charge in [0.05, 0.1) is 11.3 Å². The molecule has 3 aromatic carbocycles. The van der Waals surface area contributed by atoms with Gasteiger partial charge in [-0.3, -0.25) is 9.59 Å². The number of carbonyl (C=O) groups excluding carboxylic acids is 2. The molecule has 33 heavy (non-hydrogen) atoms. The first-order chi connectivity index (χ1) is 15.7. The Bertz CT molecular complexity index is 1380. The van der Waals surface area contributed by atoms with Crippen molar-refractivity contribution >= 4 is 46.0 Å². The third-order valence-corrected chi connectivity index (χ3v) is 5.15. The van der Waals surface area contributed by atoms with Gasteiger partial charge in [-0.15, -0.1) is 0 Å². The molecule has 0 bridgehead atoms. The van der Waals surface area contributed by atoms with Crippen molar-refractivity contribution in [1.82, 2.24) is 4.98 Å². The number of anilines is 1. The topological polar surface area (TPSA) is 62.0 Å². The molecule has 0 aliphatic rings. The number of halogens is 4. The Morgan fingerprint density at radius 2 is 1.70 bits per heavy atom. The lowest BCUT2D eigenvalue weighted by atomic mass is 10.1. The van der Waals surface area contributed by atoms with Crippen LogP contribution in [0.15, 0.2) is 78.9 Å². The van der Waals surface area contributed by atoms with Crippen LogP contribution in [-0.4, -0.2) is 16.7 Å². The van der Waals surface area contributed by atoms with E-state index >= 15 is 0 Å². The van der Waals surface area contributed by atoms with Crippen molar-refractivity contribution in [3.63, 3.8) is 0 Å². The Kier molecular flexibility index (Phi) is 6.07. The van der Waals surface area contributed by atoms with Crippen molar-refractivity contribution < 1.29 is 22.8 Å². The molecule has 1 amide bonds. The number of hydrogen-bond donors (Lipinski definition) is 2. The first kappa shape index (κ1) is 22.4. The third-order valence-electron chi connectivity index (χ3n) is 4.91. The maximum atomic E-state index is 13.1. The number of benzene rings is 3. The zero-order valence-corrected chi connectivity index (χ0v) is 17.7. The van der Waals surface area contributed by atoms with Crippen molar-refractivity contribution in [2.45, 2.75) is 6.18 Å². The molecule has 0 aliphatic heterocycles. The second-order valence-corrected chi connectivity index (χ2v) is 7.64. The first-order valence-electron chi connectivity index (χ1n) is 9.79. The van der Waals surface area contributed by atoms with Gasteiger partial charge in [-0.25, -0.2) is 0 Å². The highest BCUT2D eigenvalue weighted by Crippen LogP contribution is 2.32. The minimum atomic E-state index is -4.48. The summed E-state index contributed by atoms with van der Waals surface area (Å²) in [5.41, 5.74) is 0.804. The van der Waals surface area contributed by atoms with E-state index in [2.05, 4.69) is 10.3 Å². The SMILES string of the molecule is O=C(C=Cc1cccc(C(F)(F)F)c1)Nc1c(C(=O)c2ccccc2)[nH]c2cc(Cl)ccc12. The lowest BCUT2D eigenvalue weighted by Crippen LogP contribution is -2.12. The number of aromatic nitrogens is 1. The van der Waals surface area contributed by atoms with E-state index in [1.165, 1.54) is 18.2 Å². The van der Waals surface area contributed by atoms with Gasteiger partial charge >= 0.3 is 6.18 Å². The van der Waals surface area contributed by atoms with Gasteiger partial charge in [0.15, 0.2) is 0 Å². The Balaban J connectivity index is 1.66. The van der Waals surface area contributed by atoms with Crippen LogP contribution in [0, 0.1) is 0 Å². The number of ketones is 1. The molecule has 0 spiro atoms. The molecule has 0 unspecified atom stereocenters.